The van der Waals surface area contributed by atoms with Crippen molar-refractivity contribution in [3.8, 4) is 0 Å². The second kappa shape index (κ2) is 16.9. The fraction of sp³-hybridized carbons (Fsp3) is 0.692. The maximum atomic E-state index is 11.5. The molecule has 0 aromatic heterocycles. The zero-order chi connectivity index (χ0) is 22.0. The number of nitrogens with two attached hydrogens (primary N) is 1. The Kier molecular flexibility index (Phi) is 14.8. The fourth-order valence-electron chi connectivity index (χ4n) is 4.13. The lowest BCUT2D eigenvalue weighted by Crippen LogP contribution is -2.18. The van der Waals surface area contributed by atoms with Gasteiger partial charge < -0.3 is 10.8 Å². The number of carboxylic acid groups (broad SMARTS) is 1. The highest BCUT2D eigenvalue weighted by Gasteiger charge is 2.18. The van der Waals surface area contributed by atoms with Crippen LogP contribution < -0.4 is 5.73 Å². The van der Waals surface area contributed by atoms with E-state index in [-0.39, 0.29) is 11.1 Å². The van der Waals surface area contributed by atoms with Crippen LogP contribution in [0.3, 0.4) is 0 Å². The molecule has 0 spiro atoms. The molecule has 0 aliphatic carbocycles. The van der Waals surface area contributed by atoms with Crippen LogP contribution in [0.25, 0.3) is 0 Å². The molecule has 1 aromatic rings. The number of aromatic carboxylic acids is 1. The molecule has 1 amide bonds. The molecule has 1 aromatic carbocycles. The highest BCUT2D eigenvalue weighted by atomic mass is 16.4. The van der Waals surface area contributed by atoms with Crippen molar-refractivity contribution in [3.63, 3.8) is 0 Å². The summed E-state index contributed by atoms with van der Waals surface area (Å²) >= 11 is 0. The smallest absolute Gasteiger partial charge is 0.336 e. The molecule has 0 saturated carbocycles. The van der Waals surface area contributed by atoms with E-state index in [4.69, 9.17) is 5.73 Å². The number of primary amides is 1. The van der Waals surface area contributed by atoms with Crippen molar-refractivity contribution in [2.45, 2.75) is 116 Å². The Bertz CT molecular complexity index is 612. The molecule has 30 heavy (non-hydrogen) atoms. The number of benzene rings is 1. The first-order valence-corrected chi connectivity index (χ1v) is 12.2. The standard InChI is InChI=1S/C26H43NO3/c1-2-3-4-5-6-7-8-9-10-11-12-13-14-15-16-17-19-22-20-18-21-23(25(27)28)24(22)26(29)30/h18,20-21H,2-17,19H2,1H3,(H2,27,28)(H,29,30). The number of hydrogen-bond acceptors (Lipinski definition) is 2. The number of carbonyl (C=O) groups excluding carboxylic acids is 1. The minimum Gasteiger partial charge on any atom is -0.478 e. The number of carbonyl (C=O) groups is 2. The van der Waals surface area contributed by atoms with E-state index in [1.165, 1.54) is 96.0 Å². The minimum atomic E-state index is -1.07. The maximum absolute atomic E-state index is 11.5. The molecule has 0 aliphatic rings. The maximum Gasteiger partial charge on any atom is 0.336 e. The van der Waals surface area contributed by atoms with E-state index in [1.807, 2.05) is 0 Å². The number of rotatable bonds is 19. The Balaban J connectivity index is 2.03. The lowest BCUT2D eigenvalue weighted by Gasteiger charge is -2.09. The molecular formula is C26H43NO3. The van der Waals surface area contributed by atoms with Gasteiger partial charge in [0.2, 0.25) is 5.91 Å². The van der Waals surface area contributed by atoms with Gasteiger partial charge in [-0.1, -0.05) is 115 Å². The van der Waals surface area contributed by atoms with E-state index >= 15 is 0 Å². The fourth-order valence-corrected chi connectivity index (χ4v) is 4.13. The number of carboxylic acids is 1. The van der Waals surface area contributed by atoms with Gasteiger partial charge in [-0.25, -0.2) is 4.79 Å². The molecule has 0 heterocycles. The summed E-state index contributed by atoms with van der Waals surface area (Å²) in [4.78, 5) is 23.0. The molecule has 3 N–H and O–H groups in total. The molecule has 0 radical (unpaired) electrons. The van der Waals surface area contributed by atoms with Gasteiger partial charge in [-0.3, -0.25) is 4.79 Å². The van der Waals surface area contributed by atoms with Gasteiger partial charge in [0.25, 0.3) is 0 Å². The molecule has 0 unspecified atom stereocenters. The van der Waals surface area contributed by atoms with E-state index in [1.54, 1.807) is 12.1 Å². The van der Waals surface area contributed by atoms with Crippen LogP contribution in [0, 0.1) is 0 Å². The average molecular weight is 418 g/mol. The average Bonchev–Trinajstić information content (AvgIpc) is 2.73. The molecular weight excluding hydrogens is 374 g/mol. The van der Waals surface area contributed by atoms with Crippen LogP contribution in [-0.4, -0.2) is 17.0 Å². The third-order valence-electron chi connectivity index (χ3n) is 5.93. The van der Waals surface area contributed by atoms with Crippen LogP contribution >= 0.6 is 0 Å². The van der Waals surface area contributed by atoms with Gasteiger partial charge in [0, 0.05) is 0 Å². The zero-order valence-corrected chi connectivity index (χ0v) is 19.1. The first-order chi connectivity index (χ1) is 14.6. The minimum absolute atomic E-state index is 0.0750. The van der Waals surface area contributed by atoms with Crippen molar-refractivity contribution in [3.05, 3.63) is 34.9 Å². The summed E-state index contributed by atoms with van der Waals surface area (Å²) in [6.45, 7) is 2.27. The predicted octanol–water partition coefficient (Wildman–Crippen LogP) is 7.29. The van der Waals surface area contributed by atoms with Crippen LogP contribution in [0.4, 0.5) is 0 Å². The van der Waals surface area contributed by atoms with Crippen molar-refractivity contribution >= 4 is 11.9 Å². The van der Waals surface area contributed by atoms with E-state index in [9.17, 15) is 14.7 Å². The van der Waals surface area contributed by atoms with Crippen molar-refractivity contribution in [2.75, 3.05) is 0 Å². The Morgan fingerprint density at radius 2 is 1.17 bits per heavy atom. The highest BCUT2D eigenvalue weighted by molar-refractivity contribution is 6.05. The van der Waals surface area contributed by atoms with Crippen LogP contribution in [0.5, 0.6) is 0 Å². The van der Waals surface area contributed by atoms with Crippen molar-refractivity contribution in [1.29, 1.82) is 0 Å². The molecule has 0 fully saturated rings. The number of aryl methyl sites for hydroxylation is 1. The Hall–Kier alpha value is -1.84. The SMILES string of the molecule is CCCCCCCCCCCCCCCCCCc1cccc(C(N)=O)c1C(=O)O. The topological polar surface area (TPSA) is 80.4 Å². The zero-order valence-electron chi connectivity index (χ0n) is 19.1. The van der Waals surface area contributed by atoms with Crippen LogP contribution in [-0.2, 0) is 6.42 Å². The molecule has 0 bridgehead atoms. The summed E-state index contributed by atoms with van der Waals surface area (Å²) in [6.07, 6.45) is 21.7. The molecule has 1 rings (SSSR count). The summed E-state index contributed by atoms with van der Waals surface area (Å²) in [5.41, 5.74) is 6.20. The monoisotopic (exact) mass is 417 g/mol. The van der Waals surface area contributed by atoms with Crippen LogP contribution in [0.2, 0.25) is 0 Å². The lowest BCUT2D eigenvalue weighted by molar-refractivity contribution is 0.0690. The third kappa shape index (κ3) is 11.4. The first kappa shape index (κ1) is 26.2. The Morgan fingerprint density at radius 1 is 0.733 bits per heavy atom. The van der Waals surface area contributed by atoms with E-state index < -0.39 is 11.9 Å². The Labute approximate surface area is 183 Å². The van der Waals surface area contributed by atoms with Gasteiger partial charge in [0.05, 0.1) is 11.1 Å². The van der Waals surface area contributed by atoms with E-state index in [2.05, 4.69) is 6.92 Å². The first-order valence-electron chi connectivity index (χ1n) is 12.2. The van der Waals surface area contributed by atoms with Crippen LogP contribution in [0.1, 0.15) is 136 Å². The molecule has 170 valence electrons. The molecule has 4 heteroatoms. The van der Waals surface area contributed by atoms with E-state index in [0.29, 0.717) is 12.0 Å². The van der Waals surface area contributed by atoms with Gasteiger partial charge in [-0.2, -0.15) is 0 Å². The lowest BCUT2D eigenvalue weighted by atomic mass is 9.96. The number of hydrogen-bond donors (Lipinski definition) is 2. The highest BCUT2D eigenvalue weighted by Crippen LogP contribution is 2.19. The summed E-state index contributed by atoms with van der Waals surface area (Å²) in [7, 11) is 0. The summed E-state index contributed by atoms with van der Waals surface area (Å²) in [5.74, 6) is -1.75. The van der Waals surface area contributed by atoms with Gasteiger partial charge in [-0.15, -0.1) is 0 Å². The van der Waals surface area contributed by atoms with E-state index in [0.717, 1.165) is 12.8 Å². The molecule has 0 atom stereocenters. The van der Waals surface area contributed by atoms with Gasteiger partial charge in [0.1, 0.15) is 0 Å². The summed E-state index contributed by atoms with van der Waals surface area (Å²) in [6, 6.07) is 5.00. The van der Waals surface area contributed by atoms with Crippen LogP contribution in [0.15, 0.2) is 18.2 Å². The van der Waals surface area contributed by atoms with Gasteiger partial charge in [0.15, 0.2) is 0 Å². The second-order valence-electron chi connectivity index (χ2n) is 8.56. The molecule has 0 aliphatic heterocycles. The van der Waals surface area contributed by atoms with Gasteiger partial charge in [-0.05, 0) is 24.5 Å². The predicted molar refractivity (Wildman–Crippen MR) is 125 cm³/mol. The second-order valence-corrected chi connectivity index (χ2v) is 8.56. The molecule has 0 saturated heterocycles. The number of amides is 1. The summed E-state index contributed by atoms with van der Waals surface area (Å²) < 4.78 is 0. The quantitative estimate of drug-likeness (QED) is 0.232. The Morgan fingerprint density at radius 3 is 1.57 bits per heavy atom. The normalized spacial score (nSPS) is 11.0. The van der Waals surface area contributed by atoms with Crippen molar-refractivity contribution in [2.24, 2.45) is 5.73 Å². The van der Waals surface area contributed by atoms with Gasteiger partial charge >= 0.3 is 5.97 Å². The van der Waals surface area contributed by atoms with Crippen molar-refractivity contribution in [1.82, 2.24) is 0 Å². The largest absolute Gasteiger partial charge is 0.478 e. The number of unbranched alkanes of at least 4 members (excludes halogenated alkanes) is 15. The molecule has 4 nitrogen and oxygen atoms in total. The van der Waals surface area contributed by atoms with Crippen molar-refractivity contribution < 1.29 is 14.7 Å². The third-order valence-corrected chi connectivity index (χ3v) is 5.93. The summed E-state index contributed by atoms with van der Waals surface area (Å²) in [5, 5.41) is 9.42.